The molecule has 0 radical (unpaired) electrons. The number of aromatic nitrogens is 1. The van der Waals surface area contributed by atoms with Crippen LogP contribution in [0.1, 0.15) is 16.1 Å². The van der Waals surface area contributed by atoms with E-state index in [0.29, 0.717) is 0 Å². The Morgan fingerprint density at radius 3 is 2.47 bits per heavy atom. The van der Waals surface area contributed by atoms with E-state index in [-0.39, 0.29) is 5.69 Å². The van der Waals surface area contributed by atoms with Gasteiger partial charge in [0.1, 0.15) is 0 Å². The summed E-state index contributed by atoms with van der Waals surface area (Å²) in [5, 5.41) is 10.8. The van der Waals surface area contributed by atoms with Crippen molar-refractivity contribution in [2.24, 2.45) is 0 Å². The monoisotopic (exact) mass is 280 g/mol. The number of halogens is 3. The van der Waals surface area contributed by atoms with Crippen LogP contribution in [0, 0.1) is 17.0 Å². The molecule has 1 heterocycles. The molecule has 0 amide bonds. The lowest BCUT2D eigenvalue weighted by molar-refractivity contribution is -0.389. The highest BCUT2D eigenvalue weighted by Crippen LogP contribution is 2.36. The van der Waals surface area contributed by atoms with Crippen LogP contribution < -0.4 is 4.74 Å². The number of nitrogens with zero attached hydrogens (tertiary/aromatic N) is 2. The van der Waals surface area contributed by atoms with E-state index in [0.717, 1.165) is 20.2 Å². The van der Waals surface area contributed by atoms with Gasteiger partial charge in [0.15, 0.2) is 5.56 Å². The van der Waals surface area contributed by atoms with Gasteiger partial charge in [-0.05, 0) is 6.92 Å². The normalized spacial score (nSPS) is 11.0. The molecule has 0 bridgehead atoms. The Morgan fingerprint density at radius 1 is 1.47 bits per heavy atom. The number of pyridine rings is 1. The average molecular weight is 280 g/mol. The topological polar surface area (TPSA) is 91.6 Å². The minimum absolute atomic E-state index is 0.378. The highest BCUT2D eigenvalue weighted by atomic mass is 19.4. The number of alkyl halides is 3. The van der Waals surface area contributed by atoms with Crippen LogP contribution in [0.5, 0.6) is 5.75 Å². The average Bonchev–Trinajstić information content (AvgIpc) is 2.28. The van der Waals surface area contributed by atoms with E-state index in [9.17, 15) is 28.1 Å². The van der Waals surface area contributed by atoms with E-state index in [1.54, 1.807) is 0 Å². The van der Waals surface area contributed by atoms with Crippen LogP contribution in [0.3, 0.4) is 0 Å². The van der Waals surface area contributed by atoms with Crippen molar-refractivity contribution < 1.29 is 32.4 Å². The van der Waals surface area contributed by atoms with Crippen molar-refractivity contribution in [1.82, 2.24) is 4.98 Å². The van der Waals surface area contributed by atoms with Crippen molar-refractivity contribution in [2.45, 2.75) is 13.3 Å². The van der Waals surface area contributed by atoms with Gasteiger partial charge in [-0.25, -0.2) is 4.79 Å². The fourth-order valence-electron chi connectivity index (χ4n) is 1.25. The van der Waals surface area contributed by atoms with E-state index < -0.39 is 34.3 Å². The molecule has 104 valence electrons. The van der Waals surface area contributed by atoms with Crippen LogP contribution in [0.25, 0.3) is 0 Å². The van der Waals surface area contributed by atoms with Crippen molar-refractivity contribution >= 4 is 11.7 Å². The molecule has 0 N–H and O–H groups in total. The summed E-state index contributed by atoms with van der Waals surface area (Å²) < 4.78 is 44.4. The van der Waals surface area contributed by atoms with E-state index in [2.05, 4.69) is 14.5 Å². The molecular weight excluding hydrogens is 273 g/mol. The number of carbonyl (C=O) groups excluding carboxylic acids is 1. The minimum atomic E-state index is -5.15. The zero-order valence-corrected chi connectivity index (χ0v) is 9.65. The van der Waals surface area contributed by atoms with Crippen LogP contribution >= 0.6 is 0 Å². The smallest absolute Gasteiger partial charge is 0.465 e. The Kier molecular flexibility index (Phi) is 3.92. The predicted molar refractivity (Wildman–Crippen MR) is 53.7 cm³/mol. The third-order valence-corrected chi connectivity index (χ3v) is 1.99. The quantitative estimate of drug-likeness (QED) is 0.477. The molecule has 0 aliphatic rings. The Bertz CT molecular complexity index is 529. The molecular formula is C9H7F3N2O5. The number of rotatable bonds is 3. The molecule has 0 fully saturated rings. The molecule has 1 aromatic rings. The molecule has 0 saturated heterocycles. The molecule has 10 heteroatoms. The zero-order valence-electron chi connectivity index (χ0n) is 9.65. The molecule has 0 unspecified atom stereocenters. The molecule has 7 nitrogen and oxygen atoms in total. The van der Waals surface area contributed by atoms with Crippen LogP contribution in [-0.2, 0) is 4.74 Å². The second-order valence-electron chi connectivity index (χ2n) is 3.23. The summed E-state index contributed by atoms with van der Waals surface area (Å²) in [7, 11) is 0.927. The van der Waals surface area contributed by atoms with Crippen molar-refractivity contribution in [3.05, 3.63) is 27.6 Å². The van der Waals surface area contributed by atoms with E-state index >= 15 is 0 Å². The van der Waals surface area contributed by atoms with Gasteiger partial charge < -0.3 is 9.47 Å². The van der Waals surface area contributed by atoms with E-state index in [4.69, 9.17) is 0 Å². The van der Waals surface area contributed by atoms with Gasteiger partial charge in [-0.15, -0.1) is 13.2 Å². The maximum absolute atomic E-state index is 12.2. The fourth-order valence-corrected chi connectivity index (χ4v) is 1.25. The Balaban J connectivity index is 3.51. The third-order valence-electron chi connectivity index (χ3n) is 1.99. The van der Waals surface area contributed by atoms with Crippen LogP contribution in [-0.4, -0.2) is 29.3 Å². The first-order valence-electron chi connectivity index (χ1n) is 4.65. The van der Waals surface area contributed by atoms with Gasteiger partial charge in [0, 0.05) is 6.20 Å². The summed E-state index contributed by atoms with van der Waals surface area (Å²) in [5.74, 6) is -2.33. The lowest BCUT2D eigenvalue weighted by Crippen LogP contribution is -2.20. The number of hydrogen-bond donors (Lipinski definition) is 0. The Hall–Kier alpha value is -2.39. The molecule has 0 aliphatic heterocycles. The highest BCUT2D eigenvalue weighted by Gasteiger charge is 2.38. The summed E-state index contributed by atoms with van der Waals surface area (Å²) in [6.45, 7) is 1.08. The lowest BCUT2D eigenvalue weighted by atomic mass is 10.2. The van der Waals surface area contributed by atoms with Crippen molar-refractivity contribution in [2.75, 3.05) is 7.11 Å². The molecule has 0 aromatic carbocycles. The van der Waals surface area contributed by atoms with Gasteiger partial charge >= 0.3 is 18.0 Å². The standard InChI is InChI=1S/C9H7F3N2O5/c1-4-7(19-9(10,11)12)6(14(16)17)5(3-13-4)8(15)18-2/h3H,1-2H3. The number of carbonyl (C=O) groups is 1. The minimum Gasteiger partial charge on any atom is -0.465 e. The first-order valence-corrected chi connectivity index (χ1v) is 4.65. The second kappa shape index (κ2) is 5.08. The number of methoxy groups -OCH3 is 1. The summed E-state index contributed by atoms with van der Waals surface area (Å²) in [6, 6.07) is 0. The van der Waals surface area contributed by atoms with Crippen molar-refractivity contribution in [3.63, 3.8) is 0 Å². The Labute approximate surface area is 104 Å². The molecule has 0 saturated carbocycles. The van der Waals surface area contributed by atoms with Gasteiger partial charge in [0.2, 0.25) is 5.75 Å². The molecule has 0 spiro atoms. The zero-order chi connectivity index (χ0) is 14.8. The fraction of sp³-hybridized carbons (Fsp3) is 0.333. The van der Waals surface area contributed by atoms with Gasteiger partial charge in [-0.2, -0.15) is 0 Å². The van der Waals surface area contributed by atoms with Crippen LogP contribution in [0.2, 0.25) is 0 Å². The number of hydrogen-bond acceptors (Lipinski definition) is 6. The summed E-state index contributed by atoms with van der Waals surface area (Å²) in [4.78, 5) is 24.4. The lowest BCUT2D eigenvalue weighted by Gasteiger charge is -2.12. The third kappa shape index (κ3) is 3.30. The van der Waals surface area contributed by atoms with Crippen molar-refractivity contribution in [3.8, 4) is 5.75 Å². The van der Waals surface area contributed by atoms with Gasteiger partial charge in [-0.3, -0.25) is 15.1 Å². The summed E-state index contributed by atoms with van der Waals surface area (Å²) in [6.07, 6.45) is -4.39. The molecule has 0 atom stereocenters. The summed E-state index contributed by atoms with van der Waals surface area (Å²) >= 11 is 0. The largest absolute Gasteiger partial charge is 0.573 e. The first kappa shape index (κ1) is 14.7. The SMILES string of the molecule is COC(=O)c1cnc(C)c(OC(F)(F)F)c1[N+](=O)[O-]. The van der Waals surface area contributed by atoms with Gasteiger partial charge in [0.25, 0.3) is 0 Å². The van der Waals surface area contributed by atoms with Gasteiger partial charge in [0.05, 0.1) is 17.7 Å². The van der Waals surface area contributed by atoms with E-state index in [1.165, 1.54) is 0 Å². The van der Waals surface area contributed by atoms with Crippen molar-refractivity contribution in [1.29, 1.82) is 0 Å². The first-order chi connectivity index (χ1) is 8.67. The number of ether oxygens (including phenoxy) is 2. The highest BCUT2D eigenvalue weighted by molar-refractivity contribution is 5.94. The Morgan fingerprint density at radius 2 is 2.05 bits per heavy atom. The number of nitro groups is 1. The number of aryl methyl sites for hydroxylation is 1. The molecule has 0 aliphatic carbocycles. The van der Waals surface area contributed by atoms with Crippen LogP contribution in [0.15, 0.2) is 6.20 Å². The molecule has 1 rings (SSSR count). The summed E-state index contributed by atoms with van der Waals surface area (Å²) in [5.41, 5.74) is -2.24. The molecule has 1 aromatic heterocycles. The maximum Gasteiger partial charge on any atom is 0.573 e. The maximum atomic E-state index is 12.2. The molecule has 19 heavy (non-hydrogen) atoms. The van der Waals surface area contributed by atoms with Crippen LogP contribution in [0.4, 0.5) is 18.9 Å². The second-order valence-corrected chi connectivity index (χ2v) is 3.23. The van der Waals surface area contributed by atoms with E-state index in [1.807, 2.05) is 0 Å². The number of esters is 1. The van der Waals surface area contributed by atoms with Gasteiger partial charge in [-0.1, -0.05) is 0 Å². The predicted octanol–water partition coefficient (Wildman–Crippen LogP) is 1.98.